The van der Waals surface area contributed by atoms with Gasteiger partial charge in [0.25, 0.3) is 5.91 Å². The number of nitrogens with one attached hydrogen (secondary N) is 3. The van der Waals surface area contributed by atoms with Gasteiger partial charge in [-0.1, -0.05) is 26.7 Å². The third-order valence-electron chi connectivity index (χ3n) is 6.98. The Labute approximate surface area is 251 Å². The summed E-state index contributed by atoms with van der Waals surface area (Å²) in [5, 5.41) is 23.6. The second-order valence-corrected chi connectivity index (χ2v) is 13.9. The van der Waals surface area contributed by atoms with E-state index in [9.17, 15) is 19.0 Å². The first-order valence-electron chi connectivity index (χ1n) is 14.1. The van der Waals surface area contributed by atoms with Gasteiger partial charge in [0.2, 0.25) is 0 Å². The molecule has 6 N–H and O–H groups in total. The van der Waals surface area contributed by atoms with E-state index in [0.717, 1.165) is 36.4 Å². The van der Waals surface area contributed by atoms with Gasteiger partial charge in [-0.25, -0.2) is 4.98 Å². The summed E-state index contributed by atoms with van der Waals surface area (Å²) in [6.07, 6.45) is 6.29. The number of benzene rings is 1. The molecule has 2 heterocycles. The van der Waals surface area contributed by atoms with Crippen LogP contribution in [0.1, 0.15) is 75.2 Å². The summed E-state index contributed by atoms with van der Waals surface area (Å²) in [5.41, 5.74) is 1.73. The molecule has 1 amide bonds. The normalized spacial score (nSPS) is 17.9. The fourth-order valence-corrected chi connectivity index (χ4v) is 7.13. The van der Waals surface area contributed by atoms with Crippen molar-refractivity contribution >= 4 is 51.8 Å². The van der Waals surface area contributed by atoms with Crippen LogP contribution in [0.2, 0.25) is 0 Å². The van der Waals surface area contributed by atoms with E-state index in [4.69, 9.17) is 0 Å². The van der Waals surface area contributed by atoms with Gasteiger partial charge < -0.3 is 21.1 Å². The molecule has 1 aromatic heterocycles. The maximum absolute atomic E-state index is 13.6. The smallest absolute Gasteiger partial charge is 0.251 e. The predicted octanol–water partition coefficient (Wildman–Crippen LogP) is 5.77. The number of thiazole rings is 1. The second-order valence-electron chi connectivity index (χ2n) is 10.9. The number of halogens is 1. The standard InChI is InChI=1S/C28H47N5O4S2.ClH/c1-5-29-23-15-22(16-24(17-23)33-12-6-7-14-39(33,36)37)28(35)32-25(18-27-30-11-13-38-27)26(34)19-31-21(4)10-8-9-20(2)3;/h11,13,15-17,20-21,25-26,29,31,34,36-37H,5-10,12,14,18-19H2,1-4H3,(H,32,35);1H/t21?,25-,26-;/m0./s1. The molecule has 1 saturated heterocycles. The molecule has 3 rings (SSSR count). The molecule has 3 atom stereocenters. The van der Waals surface area contributed by atoms with Crippen LogP contribution < -0.4 is 20.3 Å². The van der Waals surface area contributed by atoms with Gasteiger partial charge in [-0.2, -0.15) is 0 Å². The summed E-state index contributed by atoms with van der Waals surface area (Å²) in [6, 6.07) is 5.04. The lowest BCUT2D eigenvalue weighted by molar-refractivity contribution is 0.0825. The molecule has 2 aromatic rings. The van der Waals surface area contributed by atoms with E-state index in [1.807, 2.05) is 18.4 Å². The fraction of sp³-hybridized carbons (Fsp3) is 0.643. The molecule has 1 fully saturated rings. The zero-order valence-corrected chi connectivity index (χ0v) is 26.6. The minimum absolute atomic E-state index is 0. The Balaban J connectivity index is 0.00000560. The summed E-state index contributed by atoms with van der Waals surface area (Å²) < 4.78 is 23.0. The number of carbonyl (C=O) groups is 1. The van der Waals surface area contributed by atoms with Gasteiger partial charge in [0, 0.05) is 54.9 Å². The average molecular weight is 618 g/mol. The molecule has 0 radical (unpaired) electrons. The SMILES string of the molecule is CCNc1cc(C(=O)N[C@@H](Cc2nccs2)[C@@H](O)CNC(C)CCCC(C)C)cc(N2CCCCS2(O)O)c1.Cl. The van der Waals surface area contributed by atoms with E-state index < -0.39 is 22.9 Å². The van der Waals surface area contributed by atoms with Crippen LogP contribution in [-0.4, -0.2) is 68.7 Å². The summed E-state index contributed by atoms with van der Waals surface area (Å²) in [7, 11) is -2.93. The summed E-state index contributed by atoms with van der Waals surface area (Å²) in [5.74, 6) is 0.676. The number of nitrogens with zero attached hydrogens (tertiary/aromatic N) is 2. The maximum atomic E-state index is 13.6. The van der Waals surface area contributed by atoms with Crippen LogP contribution in [0.3, 0.4) is 0 Å². The van der Waals surface area contributed by atoms with Crippen LogP contribution in [0.15, 0.2) is 29.8 Å². The molecule has 1 aliphatic heterocycles. The van der Waals surface area contributed by atoms with Crippen LogP contribution in [0.5, 0.6) is 0 Å². The molecule has 1 aromatic carbocycles. The molecule has 228 valence electrons. The number of hydrogen-bond donors (Lipinski definition) is 6. The Bertz CT molecular complexity index is 1030. The maximum Gasteiger partial charge on any atom is 0.251 e. The van der Waals surface area contributed by atoms with Gasteiger partial charge >= 0.3 is 0 Å². The van der Waals surface area contributed by atoms with Crippen molar-refractivity contribution in [2.75, 3.05) is 35.0 Å². The molecule has 0 spiro atoms. The third kappa shape index (κ3) is 10.7. The van der Waals surface area contributed by atoms with Crippen molar-refractivity contribution in [1.82, 2.24) is 15.6 Å². The summed E-state index contributed by atoms with van der Waals surface area (Å²) >= 11 is 1.50. The minimum atomic E-state index is -2.93. The first-order chi connectivity index (χ1) is 18.6. The quantitative estimate of drug-likeness (QED) is 0.149. The number of anilines is 2. The highest BCUT2D eigenvalue weighted by Gasteiger charge is 2.29. The van der Waals surface area contributed by atoms with Crippen LogP contribution >= 0.6 is 34.5 Å². The number of hydrogen-bond acceptors (Lipinski definition) is 9. The topological polar surface area (TPSA) is 130 Å². The van der Waals surface area contributed by atoms with Crippen LogP contribution in [-0.2, 0) is 6.42 Å². The first kappa shape index (κ1) is 34.6. The van der Waals surface area contributed by atoms with Crippen LogP contribution in [0.25, 0.3) is 0 Å². The van der Waals surface area contributed by atoms with Crippen molar-refractivity contribution in [2.45, 2.75) is 84.4 Å². The van der Waals surface area contributed by atoms with Gasteiger partial charge in [-0.15, -0.1) is 34.5 Å². The number of rotatable bonds is 15. The highest BCUT2D eigenvalue weighted by atomic mass is 35.5. The molecule has 1 aliphatic rings. The molecule has 0 saturated carbocycles. The van der Waals surface area contributed by atoms with Crippen molar-refractivity contribution in [1.29, 1.82) is 0 Å². The molecule has 0 aliphatic carbocycles. The zero-order chi connectivity index (χ0) is 28.4. The lowest BCUT2D eigenvalue weighted by Gasteiger charge is -2.47. The van der Waals surface area contributed by atoms with Crippen molar-refractivity contribution < 1.29 is 19.0 Å². The largest absolute Gasteiger partial charge is 0.390 e. The van der Waals surface area contributed by atoms with Gasteiger partial charge in [-0.05, 0) is 57.2 Å². The Morgan fingerprint density at radius 3 is 2.60 bits per heavy atom. The summed E-state index contributed by atoms with van der Waals surface area (Å²) in [4.78, 5) is 17.9. The van der Waals surface area contributed by atoms with E-state index >= 15 is 0 Å². The van der Waals surface area contributed by atoms with Crippen molar-refractivity contribution in [3.63, 3.8) is 0 Å². The van der Waals surface area contributed by atoms with E-state index in [2.05, 4.69) is 41.7 Å². The predicted molar refractivity (Wildman–Crippen MR) is 171 cm³/mol. The second kappa shape index (κ2) is 16.7. The first-order valence-corrected chi connectivity index (χ1v) is 16.7. The van der Waals surface area contributed by atoms with E-state index in [-0.39, 0.29) is 24.4 Å². The van der Waals surface area contributed by atoms with E-state index in [1.165, 1.54) is 17.8 Å². The summed E-state index contributed by atoms with van der Waals surface area (Å²) in [6.45, 7) is 10.1. The fourth-order valence-electron chi connectivity index (χ4n) is 4.77. The average Bonchev–Trinajstić information content (AvgIpc) is 3.39. The third-order valence-corrected chi connectivity index (χ3v) is 9.72. The Morgan fingerprint density at radius 2 is 1.95 bits per heavy atom. The van der Waals surface area contributed by atoms with Crippen molar-refractivity contribution in [3.8, 4) is 0 Å². The number of aliphatic hydroxyl groups excluding tert-OH is 1. The Morgan fingerprint density at radius 1 is 1.18 bits per heavy atom. The Hall–Kier alpha value is -1.60. The van der Waals surface area contributed by atoms with Gasteiger partial charge in [0.05, 0.1) is 28.6 Å². The highest BCUT2D eigenvalue weighted by Crippen LogP contribution is 2.50. The van der Waals surface area contributed by atoms with Crippen molar-refractivity contribution in [2.24, 2.45) is 5.92 Å². The molecular weight excluding hydrogens is 570 g/mol. The lowest BCUT2D eigenvalue weighted by atomic mass is 10.0. The van der Waals surface area contributed by atoms with E-state index in [1.54, 1.807) is 22.6 Å². The molecule has 0 bridgehead atoms. The van der Waals surface area contributed by atoms with Gasteiger partial charge in [0.1, 0.15) is 0 Å². The Kier molecular flexibility index (Phi) is 14.5. The monoisotopic (exact) mass is 617 g/mol. The number of amides is 1. The van der Waals surface area contributed by atoms with Crippen molar-refractivity contribution in [3.05, 3.63) is 40.3 Å². The minimum Gasteiger partial charge on any atom is -0.390 e. The number of aliphatic hydroxyl groups is 1. The number of carbonyl (C=O) groups excluding carboxylic acids is 1. The molecule has 40 heavy (non-hydrogen) atoms. The van der Waals surface area contributed by atoms with Crippen LogP contribution in [0, 0.1) is 5.92 Å². The van der Waals surface area contributed by atoms with Crippen LogP contribution in [0.4, 0.5) is 11.4 Å². The number of aromatic nitrogens is 1. The molecule has 12 heteroatoms. The molecular formula is C28H48ClN5O4S2. The van der Waals surface area contributed by atoms with E-state index in [0.29, 0.717) is 49.0 Å². The molecule has 1 unspecified atom stereocenters. The highest BCUT2D eigenvalue weighted by molar-refractivity contribution is 8.25. The lowest BCUT2D eigenvalue weighted by Crippen LogP contribution is -2.49. The van der Waals surface area contributed by atoms with Gasteiger partial charge in [0.15, 0.2) is 0 Å². The molecule has 9 nitrogen and oxygen atoms in total. The van der Waals surface area contributed by atoms with Gasteiger partial charge in [-0.3, -0.25) is 18.2 Å². The zero-order valence-electron chi connectivity index (χ0n) is 24.1.